The third kappa shape index (κ3) is 4.43. The summed E-state index contributed by atoms with van der Waals surface area (Å²) in [7, 11) is 0. The predicted octanol–water partition coefficient (Wildman–Crippen LogP) is 6.22. The van der Waals surface area contributed by atoms with Gasteiger partial charge in [-0.2, -0.15) is 0 Å². The first-order chi connectivity index (χ1) is 9.76. The van der Waals surface area contributed by atoms with Gasteiger partial charge in [0.1, 0.15) is 5.75 Å². The molecule has 0 aliphatic carbocycles. The Hall–Kier alpha value is -1.10. The summed E-state index contributed by atoms with van der Waals surface area (Å²) in [6.45, 7) is 0. The van der Waals surface area contributed by atoms with Gasteiger partial charge in [0, 0.05) is 10.0 Å². The van der Waals surface area contributed by atoms with Crippen LogP contribution >= 0.6 is 34.8 Å². The molecule has 0 spiro atoms. The van der Waals surface area contributed by atoms with E-state index in [4.69, 9.17) is 34.8 Å². The van der Waals surface area contributed by atoms with Crippen molar-refractivity contribution in [2.45, 2.75) is 11.7 Å². The summed E-state index contributed by atoms with van der Waals surface area (Å²) in [5, 5.41) is 0.259. The van der Waals surface area contributed by atoms with Crippen LogP contribution in [0.3, 0.4) is 0 Å². The number of alkyl halides is 4. The van der Waals surface area contributed by atoms with Crippen LogP contribution in [-0.4, -0.2) is 6.36 Å². The van der Waals surface area contributed by atoms with E-state index in [0.717, 1.165) is 0 Å². The van der Waals surface area contributed by atoms with E-state index in [2.05, 4.69) is 4.74 Å². The summed E-state index contributed by atoms with van der Waals surface area (Å²) in [4.78, 5) is 0. The topological polar surface area (TPSA) is 9.23 Å². The molecule has 1 nitrogen and oxygen atoms in total. The van der Waals surface area contributed by atoms with Crippen LogP contribution in [0, 0.1) is 0 Å². The zero-order chi connectivity index (χ0) is 15.6. The Balaban J connectivity index is 2.22. The average molecular weight is 356 g/mol. The quantitative estimate of drug-likeness (QED) is 0.594. The van der Waals surface area contributed by atoms with Gasteiger partial charge in [0.2, 0.25) is 0 Å². The first-order valence-electron chi connectivity index (χ1n) is 5.71. The molecule has 0 N–H and O–H groups in total. The maximum Gasteiger partial charge on any atom is 0.573 e. The molecule has 1 atom stereocenters. The maximum atomic E-state index is 12.1. The number of hydrogen-bond donors (Lipinski definition) is 0. The van der Waals surface area contributed by atoms with Crippen molar-refractivity contribution in [3.8, 4) is 5.75 Å². The van der Waals surface area contributed by atoms with Crippen LogP contribution < -0.4 is 4.74 Å². The van der Waals surface area contributed by atoms with E-state index in [-0.39, 0.29) is 5.75 Å². The summed E-state index contributed by atoms with van der Waals surface area (Å²) in [6.07, 6.45) is -4.72. The molecular weight excluding hydrogens is 348 g/mol. The van der Waals surface area contributed by atoms with Gasteiger partial charge in [0.05, 0.1) is 5.38 Å². The van der Waals surface area contributed by atoms with Gasteiger partial charge >= 0.3 is 6.36 Å². The summed E-state index contributed by atoms with van der Waals surface area (Å²) >= 11 is 18.1. The van der Waals surface area contributed by atoms with E-state index in [0.29, 0.717) is 21.2 Å². The Bertz CT molecular complexity index is 626. The molecule has 1 unspecified atom stereocenters. The van der Waals surface area contributed by atoms with E-state index in [1.165, 1.54) is 24.3 Å². The third-order valence-corrected chi connectivity index (χ3v) is 3.69. The fourth-order valence-corrected chi connectivity index (χ4v) is 2.63. The smallest absolute Gasteiger partial charge is 0.406 e. The van der Waals surface area contributed by atoms with Crippen molar-refractivity contribution in [3.63, 3.8) is 0 Å². The minimum Gasteiger partial charge on any atom is -0.406 e. The minimum absolute atomic E-state index is 0.308. The lowest BCUT2D eigenvalue weighted by Gasteiger charge is -2.14. The van der Waals surface area contributed by atoms with Crippen molar-refractivity contribution < 1.29 is 17.9 Å². The number of rotatable bonds is 3. The SMILES string of the molecule is FC(F)(F)Oc1ccc(C(Cl)c2ccc(Cl)cc2Cl)cc1. The molecule has 0 aromatic heterocycles. The molecule has 0 saturated heterocycles. The summed E-state index contributed by atoms with van der Waals surface area (Å²) in [6, 6.07) is 10.1. The zero-order valence-electron chi connectivity index (χ0n) is 10.3. The highest BCUT2D eigenvalue weighted by atomic mass is 35.5. The van der Waals surface area contributed by atoms with E-state index in [1.807, 2.05) is 0 Å². The Labute approximate surface area is 134 Å². The number of halogens is 6. The Morgan fingerprint density at radius 3 is 2.10 bits per heavy atom. The van der Waals surface area contributed by atoms with Crippen molar-refractivity contribution in [1.82, 2.24) is 0 Å². The van der Waals surface area contributed by atoms with Gasteiger partial charge in [0.25, 0.3) is 0 Å². The van der Waals surface area contributed by atoms with Crippen LogP contribution in [0.25, 0.3) is 0 Å². The van der Waals surface area contributed by atoms with E-state index in [9.17, 15) is 13.2 Å². The van der Waals surface area contributed by atoms with Gasteiger partial charge in [-0.3, -0.25) is 0 Å². The maximum absolute atomic E-state index is 12.1. The Kier molecular flexibility index (Phi) is 4.91. The van der Waals surface area contributed by atoms with E-state index >= 15 is 0 Å². The van der Waals surface area contributed by atoms with Gasteiger partial charge < -0.3 is 4.74 Å². The normalized spacial score (nSPS) is 13.0. The molecule has 0 bridgehead atoms. The molecule has 0 radical (unpaired) electrons. The summed E-state index contributed by atoms with van der Waals surface area (Å²) in [5.74, 6) is -0.308. The van der Waals surface area contributed by atoms with Crippen LogP contribution in [-0.2, 0) is 0 Å². The minimum atomic E-state index is -4.72. The monoisotopic (exact) mass is 354 g/mol. The second-order valence-electron chi connectivity index (χ2n) is 4.15. The van der Waals surface area contributed by atoms with Crippen LogP contribution in [0.2, 0.25) is 10.0 Å². The molecule has 0 heterocycles. The first kappa shape index (κ1) is 16.3. The molecule has 112 valence electrons. The molecule has 0 aliphatic heterocycles. The average Bonchev–Trinajstić information content (AvgIpc) is 2.37. The largest absolute Gasteiger partial charge is 0.573 e. The van der Waals surface area contributed by atoms with Gasteiger partial charge in [-0.25, -0.2) is 0 Å². The number of ether oxygens (including phenoxy) is 1. The van der Waals surface area contributed by atoms with Crippen molar-refractivity contribution in [2.75, 3.05) is 0 Å². The van der Waals surface area contributed by atoms with Crippen LogP contribution in [0.1, 0.15) is 16.5 Å². The molecule has 0 fully saturated rings. The molecule has 2 aromatic rings. The predicted molar refractivity (Wildman–Crippen MR) is 77.3 cm³/mol. The van der Waals surface area contributed by atoms with Gasteiger partial charge in [-0.15, -0.1) is 24.8 Å². The van der Waals surface area contributed by atoms with Gasteiger partial charge in [0.15, 0.2) is 0 Å². The van der Waals surface area contributed by atoms with Gasteiger partial charge in [-0.1, -0.05) is 41.4 Å². The van der Waals surface area contributed by atoms with E-state index in [1.54, 1.807) is 18.2 Å². The van der Waals surface area contributed by atoms with Crippen molar-refractivity contribution in [1.29, 1.82) is 0 Å². The fourth-order valence-electron chi connectivity index (χ4n) is 1.73. The Morgan fingerprint density at radius 2 is 1.57 bits per heavy atom. The lowest BCUT2D eigenvalue weighted by atomic mass is 10.0. The highest BCUT2D eigenvalue weighted by Gasteiger charge is 2.31. The molecule has 0 amide bonds. The fraction of sp³-hybridized carbons (Fsp3) is 0.143. The van der Waals surface area contributed by atoms with Crippen LogP contribution in [0.4, 0.5) is 13.2 Å². The number of benzene rings is 2. The lowest BCUT2D eigenvalue weighted by Crippen LogP contribution is -2.17. The lowest BCUT2D eigenvalue weighted by molar-refractivity contribution is -0.274. The zero-order valence-corrected chi connectivity index (χ0v) is 12.6. The van der Waals surface area contributed by atoms with Crippen molar-refractivity contribution in [3.05, 3.63) is 63.6 Å². The molecule has 0 saturated carbocycles. The summed E-state index contributed by atoms with van der Waals surface area (Å²) < 4.78 is 40.0. The Morgan fingerprint density at radius 1 is 0.952 bits per heavy atom. The van der Waals surface area contributed by atoms with E-state index < -0.39 is 11.7 Å². The van der Waals surface area contributed by atoms with Crippen LogP contribution in [0.15, 0.2) is 42.5 Å². The molecule has 21 heavy (non-hydrogen) atoms. The molecule has 2 aromatic carbocycles. The third-order valence-electron chi connectivity index (χ3n) is 2.64. The second kappa shape index (κ2) is 6.34. The highest BCUT2D eigenvalue weighted by molar-refractivity contribution is 6.36. The molecule has 0 aliphatic rings. The highest BCUT2D eigenvalue weighted by Crippen LogP contribution is 2.35. The molecule has 7 heteroatoms. The number of hydrogen-bond acceptors (Lipinski definition) is 1. The van der Waals surface area contributed by atoms with Crippen molar-refractivity contribution >= 4 is 34.8 Å². The van der Waals surface area contributed by atoms with Crippen molar-refractivity contribution in [2.24, 2.45) is 0 Å². The molecular formula is C14H8Cl3F3O. The first-order valence-corrected chi connectivity index (χ1v) is 6.90. The van der Waals surface area contributed by atoms with Gasteiger partial charge in [-0.05, 0) is 35.4 Å². The molecule has 2 rings (SSSR count). The second-order valence-corrected chi connectivity index (χ2v) is 5.43. The standard InChI is InChI=1S/C14H8Cl3F3O/c15-9-3-6-11(12(16)7-9)13(17)8-1-4-10(5-2-8)21-14(18,19)20/h1-7,13H. The van der Waals surface area contributed by atoms with Crippen LogP contribution in [0.5, 0.6) is 5.75 Å². The summed E-state index contributed by atoms with van der Waals surface area (Å²) in [5.41, 5.74) is 1.21.